The number of benzene rings is 1. The fourth-order valence-corrected chi connectivity index (χ4v) is 7.68. The lowest BCUT2D eigenvalue weighted by Gasteiger charge is -2.56. The number of thioether (sulfide) groups is 1. The van der Waals surface area contributed by atoms with Crippen LogP contribution in [0.3, 0.4) is 0 Å². The number of hydrogen-bond donors (Lipinski definition) is 1. The number of nitrogens with one attached hydrogen (secondary N) is 1. The molecule has 4 saturated carbocycles. The van der Waals surface area contributed by atoms with Crippen molar-refractivity contribution in [1.29, 1.82) is 0 Å². The van der Waals surface area contributed by atoms with Gasteiger partial charge in [0.15, 0.2) is 10.9 Å². The van der Waals surface area contributed by atoms with E-state index in [1.807, 2.05) is 24.3 Å². The van der Waals surface area contributed by atoms with Gasteiger partial charge in [-0.1, -0.05) is 23.9 Å². The number of aromatic nitrogens is 1. The van der Waals surface area contributed by atoms with Crippen molar-refractivity contribution in [2.75, 3.05) is 12.4 Å². The molecule has 4 fully saturated rings. The number of rotatable bonds is 6. The summed E-state index contributed by atoms with van der Waals surface area (Å²) < 4.78 is 7.17. The summed E-state index contributed by atoms with van der Waals surface area (Å²) in [6, 6.07) is 7.91. The van der Waals surface area contributed by atoms with Gasteiger partial charge < -0.3 is 10.1 Å². The summed E-state index contributed by atoms with van der Waals surface area (Å²) in [6.45, 7) is -0.180. The van der Waals surface area contributed by atoms with Gasteiger partial charge in [-0.2, -0.15) is 0 Å². The molecule has 1 aromatic heterocycles. The van der Waals surface area contributed by atoms with Crippen LogP contribution >= 0.6 is 23.1 Å². The van der Waals surface area contributed by atoms with E-state index in [4.69, 9.17) is 4.74 Å². The Labute approximate surface area is 172 Å². The minimum Gasteiger partial charge on any atom is -0.455 e. The van der Waals surface area contributed by atoms with Crippen molar-refractivity contribution in [2.24, 2.45) is 17.8 Å². The van der Waals surface area contributed by atoms with Gasteiger partial charge in [0, 0.05) is 5.54 Å². The average molecular weight is 417 g/mol. The molecule has 0 aliphatic heterocycles. The van der Waals surface area contributed by atoms with Crippen LogP contribution in [-0.2, 0) is 14.3 Å². The van der Waals surface area contributed by atoms with Crippen molar-refractivity contribution in [3.05, 3.63) is 24.3 Å². The highest BCUT2D eigenvalue weighted by atomic mass is 32.2. The minimum absolute atomic E-state index is 0.0337. The summed E-state index contributed by atoms with van der Waals surface area (Å²) in [4.78, 5) is 29.0. The summed E-state index contributed by atoms with van der Waals surface area (Å²) >= 11 is 2.93. The molecule has 4 aliphatic rings. The molecule has 4 bridgehead atoms. The second kappa shape index (κ2) is 7.34. The number of esters is 1. The van der Waals surface area contributed by atoms with Crippen LogP contribution in [-0.4, -0.2) is 34.8 Å². The third-order valence-electron chi connectivity index (χ3n) is 6.39. The summed E-state index contributed by atoms with van der Waals surface area (Å²) in [5.41, 5.74) is 0.909. The fourth-order valence-electron chi connectivity index (χ4n) is 5.82. The molecule has 1 heterocycles. The fraction of sp³-hybridized carbons (Fsp3) is 0.571. The smallest absolute Gasteiger partial charge is 0.316 e. The summed E-state index contributed by atoms with van der Waals surface area (Å²) in [5.74, 6) is 1.98. The predicted octanol–water partition coefficient (Wildman–Crippen LogP) is 4.02. The number of thiazole rings is 1. The van der Waals surface area contributed by atoms with E-state index in [9.17, 15) is 9.59 Å². The molecule has 4 aliphatic carbocycles. The van der Waals surface area contributed by atoms with Crippen LogP contribution in [0.4, 0.5) is 0 Å². The Kier molecular flexibility index (Phi) is 4.83. The molecule has 0 spiro atoms. The normalized spacial score (nSPS) is 30.5. The number of carbonyl (C=O) groups is 2. The summed E-state index contributed by atoms with van der Waals surface area (Å²) in [7, 11) is 0. The van der Waals surface area contributed by atoms with E-state index in [0.717, 1.165) is 51.6 Å². The van der Waals surface area contributed by atoms with Gasteiger partial charge in [-0.3, -0.25) is 9.59 Å². The van der Waals surface area contributed by atoms with E-state index < -0.39 is 0 Å². The molecule has 6 rings (SSSR count). The van der Waals surface area contributed by atoms with E-state index >= 15 is 0 Å². The Morgan fingerprint density at radius 3 is 2.50 bits per heavy atom. The highest BCUT2D eigenvalue weighted by Gasteiger charge is 2.51. The van der Waals surface area contributed by atoms with Gasteiger partial charge in [-0.25, -0.2) is 4.98 Å². The third-order valence-corrected chi connectivity index (χ3v) is 8.55. The summed E-state index contributed by atoms with van der Waals surface area (Å²) in [5, 5.41) is 3.24. The Balaban J connectivity index is 1.09. The average Bonchev–Trinajstić information content (AvgIpc) is 3.06. The second-order valence-electron chi connectivity index (χ2n) is 8.64. The van der Waals surface area contributed by atoms with E-state index in [-0.39, 0.29) is 29.8 Å². The Hall–Kier alpha value is -1.60. The van der Waals surface area contributed by atoms with Gasteiger partial charge in [0.1, 0.15) is 0 Å². The van der Waals surface area contributed by atoms with E-state index in [2.05, 4.69) is 10.3 Å². The molecule has 28 heavy (non-hydrogen) atoms. The van der Waals surface area contributed by atoms with Crippen molar-refractivity contribution in [1.82, 2.24) is 10.3 Å². The molecular weight excluding hydrogens is 392 g/mol. The number of ether oxygens (including phenoxy) is 1. The minimum atomic E-state index is -0.370. The first kappa shape index (κ1) is 18.4. The number of para-hydroxylation sites is 1. The molecule has 1 aromatic carbocycles. The number of hydrogen-bond acceptors (Lipinski definition) is 6. The quantitative estimate of drug-likeness (QED) is 0.569. The van der Waals surface area contributed by atoms with Crippen LogP contribution in [0.15, 0.2) is 28.6 Å². The monoisotopic (exact) mass is 416 g/mol. The molecule has 2 aromatic rings. The number of nitrogens with zero attached hydrogens (tertiary/aromatic N) is 1. The Bertz CT molecular complexity index is 842. The van der Waals surface area contributed by atoms with E-state index in [1.54, 1.807) is 11.3 Å². The van der Waals surface area contributed by atoms with Crippen LogP contribution in [0.5, 0.6) is 0 Å². The molecule has 148 valence electrons. The molecular formula is C21H24N2O3S2. The number of carbonyl (C=O) groups excluding carboxylic acids is 2. The largest absolute Gasteiger partial charge is 0.455 e. The lowest BCUT2D eigenvalue weighted by molar-refractivity contribution is -0.147. The molecule has 7 heteroatoms. The van der Waals surface area contributed by atoms with Crippen molar-refractivity contribution in [3.63, 3.8) is 0 Å². The highest BCUT2D eigenvalue weighted by molar-refractivity contribution is 8.01. The van der Waals surface area contributed by atoms with E-state index in [1.165, 1.54) is 31.0 Å². The second-order valence-corrected chi connectivity index (χ2v) is 10.9. The Morgan fingerprint density at radius 1 is 1.14 bits per heavy atom. The van der Waals surface area contributed by atoms with Crippen LogP contribution < -0.4 is 5.32 Å². The van der Waals surface area contributed by atoms with E-state index in [0.29, 0.717) is 0 Å². The van der Waals surface area contributed by atoms with Crippen LogP contribution in [0.25, 0.3) is 10.2 Å². The number of fused-ring (bicyclic) bond motifs is 1. The van der Waals surface area contributed by atoms with Crippen molar-refractivity contribution >= 4 is 45.2 Å². The SMILES string of the molecule is O=C(COC(=O)CSc1nc2ccccc2s1)NC12CC3CC(CC(C3)C1)C2. The van der Waals surface area contributed by atoms with Crippen LogP contribution in [0, 0.1) is 17.8 Å². The first-order valence-corrected chi connectivity index (χ1v) is 11.8. The van der Waals surface area contributed by atoms with Gasteiger partial charge in [0.05, 0.1) is 16.0 Å². The lowest BCUT2D eigenvalue weighted by Crippen LogP contribution is -2.60. The molecule has 0 unspecified atom stereocenters. The zero-order valence-corrected chi connectivity index (χ0v) is 17.3. The van der Waals surface area contributed by atoms with Crippen LogP contribution in [0.1, 0.15) is 38.5 Å². The van der Waals surface area contributed by atoms with Gasteiger partial charge in [-0.15, -0.1) is 11.3 Å². The highest BCUT2D eigenvalue weighted by Crippen LogP contribution is 2.55. The first-order chi connectivity index (χ1) is 13.6. The topological polar surface area (TPSA) is 68.3 Å². The zero-order valence-electron chi connectivity index (χ0n) is 15.7. The maximum absolute atomic E-state index is 12.4. The maximum atomic E-state index is 12.4. The van der Waals surface area contributed by atoms with Crippen molar-refractivity contribution < 1.29 is 14.3 Å². The zero-order chi connectivity index (χ0) is 19.1. The van der Waals surface area contributed by atoms with Crippen molar-refractivity contribution in [3.8, 4) is 0 Å². The van der Waals surface area contributed by atoms with Crippen molar-refractivity contribution in [2.45, 2.75) is 48.4 Å². The predicted molar refractivity (Wildman–Crippen MR) is 110 cm³/mol. The summed E-state index contributed by atoms with van der Waals surface area (Å²) in [6.07, 6.45) is 7.33. The lowest BCUT2D eigenvalue weighted by atomic mass is 9.53. The van der Waals surface area contributed by atoms with Gasteiger partial charge in [-0.05, 0) is 68.4 Å². The standard InChI is InChI=1S/C21H24N2O3S2/c24-18(23-21-8-13-5-14(9-21)7-15(6-13)10-21)11-26-19(25)12-27-20-22-16-3-1-2-4-17(16)28-20/h1-4,13-15H,5-12H2,(H,23,24). The molecule has 0 atom stereocenters. The van der Waals surface area contributed by atoms with Gasteiger partial charge in [0.2, 0.25) is 0 Å². The molecule has 1 amide bonds. The Morgan fingerprint density at radius 2 is 1.82 bits per heavy atom. The van der Waals surface area contributed by atoms with Gasteiger partial charge in [0.25, 0.3) is 5.91 Å². The molecule has 0 radical (unpaired) electrons. The third kappa shape index (κ3) is 3.79. The maximum Gasteiger partial charge on any atom is 0.316 e. The first-order valence-electron chi connectivity index (χ1n) is 10.0. The van der Waals surface area contributed by atoms with Gasteiger partial charge >= 0.3 is 5.97 Å². The molecule has 5 nitrogen and oxygen atoms in total. The van der Waals surface area contributed by atoms with Crippen LogP contribution in [0.2, 0.25) is 0 Å². The molecule has 1 N–H and O–H groups in total. The number of amides is 1. The molecule has 0 saturated heterocycles.